The smallest absolute Gasteiger partial charge is 0.410 e. The number of ether oxygens (including phenoxy) is 1. The largest absolute Gasteiger partial charge is 0.444 e. The summed E-state index contributed by atoms with van der Waals surface area (Å²) in [5, 5.41) is 3.35. The van der Waals surface area contributed by atoms with Crippen LogP contribution >= 0.6 is 12.4 Å². The molecule has 0 radical (unpaired) electrons. The van der Waals surface area contributed by atoms with Crippen molar-refractivity contribution >= 4 is 18.5 Å². The molecule has 88 valence electrons. The van der Waals surface area contributed by atoms with Gasteiger partial charge in [0.25, 0.3) is 0 Å². The van der Waals surface area contributed by atoms with Crippen molar-refractivity contribution in [2.75, 3.05) is 13.1 Å². The SMILES string of the molecule is CC(C)(C)OC(=O)N1C[C@@H]2C[C@H]1CN2.Cl. The lowest BCUT2D eigenvalue weighted by Gasteiger charge is -2.30. The second kappa shape index (κ2) is 4.18. The number of carbonyl (C=O) groups is 1. The Bertz CT molecular complexity index is 252. The van der Waals surface area contributed by atoms with Crippen molar-refractivity contribution in [1.82, 2.24) is 10.2 Å². The number of nitrogens with zero attached hydrogens (tertiary/aromatic N) is 1. The van der Waals surface area contributed by atoms with Gasteiger partial charge in [0, 0.05) is 25.2 Å². The summed E-state index contributed by atoms with van der Waals surface area (Å²) in [5.74, 6) is 0. The highest BCUT2D eigenvalue weighted by atomic mass is 35.5. The van der Waals surface area contributed by atoms with E-state index in [0.29, 0.717) is 12.1 Å². The molecular formula is C10H19ClN2O2. The number of carbonyl (C=O) groups excluding carboxylic acids is 1. The van der Waals surface area contributed by atoms with E-state index in [9.17, 15) is 4.79 Å². The van der Waals surface area contributed by atoms with Crippen molar-refractivity contribution in [2.24, 2.45) is 0 Å². The first kappa shape index (κ1) is 12.6. The Balaban J connectivity index is 0.00000112. The normalized spacial score (nSPS) is 28.9. The van der Waals surface area contributed by atoms with Gasteiger partial charge >= 0.3 is 6.09 Å². The number of fused-ring (bicyclic) bond motifs is 2. The fourth-order valence-electron chi connectivity index (χ4n) is 2.10. The Labute approximate surface area is 96.7 Å². The van der Waals surface area contributed by atoms with Crippen molar-refractivity contribution in [3.8, 4) is 0 Å². The predicted octanol–water partition coefficient (Wildman–Crippen LogP) is 1.39. The van der Waals surface area contributed by atoms with Gasteiger partial charge in [0.2, 0.25) is 0 Å². The molecule has 0 aromatic rings. The van der Waals surface area contributed by atoms with Gasteiger partial charge < -0.3 is 15.0 Å². The van der Waals surface area contributed by atoms with Crippen molar-refractivity contribution in [1.29, 1.82) is 0 Å². The summed E-state index contributed by atoms with van der Waals surface area (Å²) in [6.07, 6.45) is 0.922. The quantitative estimate of drug-likeness (QED) is 0.689. The molecule has 15 heavy (non-hydrogen) atoms. The number of hydrogen-bond acceptors (Lipinski definition) is 3. The Morgan fingerprint density at radius 1 is 1.47 bits per heavy atom. The zero-order valence-electron chi connectivity index (χ0n) is 9.45. The molecule has 4 nitrogen and oxygen atoms in total. The molecule has 1 amide bonds. The Morgan fingerprint density at radius 2 is 2.13 bits per heavy atom. The van der Waals surface area contributed by atoms with Gasteiger partial charge in [0.15, 0.2) is 0 Å². The molecule has 2 atom stereocenters. The molecule has 0 aromatic carbocycles. The Kier molecular flexibility index (Phi) is 3.51. The fourth-order valence-corrected chi connectivity index (χ4v) is 2.10. The molecule has 2 aliphatic heterocycles. The number of piperazine rings is 1. The third-order valence-corrected chi connectivity index (χ3v) is 2.68. The summed E-state index contributed by atoms with van der Waals surface area (Å²) in [6.45, 7) is 7.43. The molecule has 0 spiro atoms. The van der Waals surface area contributed by atoms with Crippen LogP contribution in [-0.4, -0.2) is 41.8 Å². The lowest BCUT2D eigenvalue weighted by Crippen LogP contribution is -2.48. The highest BCUT2D eigenvalue weighted by Crippen LogP contribution is 2.25. The van der Waals surface area contributed by atoms with E-state index < -0.39 is 0 Å². The van der Waals surface area contributed by atoms with E-state index in [0.717, 1.165) is 19.5 Å². The molecule has 2 bridgehead atoms. The van der Waals surface area contributed by atoms with Crippen molar-refractivity contribution in [3.63, 3.8) is 0 Å². The molecule has 2 saturated heterocycles. The summed E-state index contributed by atoms with van der Waals surface area (Å²) in [7, 11) is 0. The van der Waals surface area contributed by atoms with Gasteiger partial charge in [-0.1, -0.05) is 0 Å². The molecule has 0 aromatic heterocycles. The van der Waals surface area contributed by atoms with E-state index in [2.05, 4.69) is 5.32 Å². The highest BCUT2D eigenvalue weighted by Gasteiger charge is 2.41. The first-order valence-corrected chi connectivity index (χ1v) is 5.19. The van der Waals surface area contributed by atoms with E-state index >= 15 is 0 Å². The van der Waals surface area contributed by atoms with Crippen LogP contribution in [-0.2, 0) is 4.74 Å². The first-order chi connectivity index (χ1) is 6.46. The van der Waals surface area contributed by atoms with E-state index in [1.54, 1.807) is 0 Å². The van der Waals surface area contributed by atoms with Crippen LogP contribution in [0.3, 0.4) is 0 Å². The van der Waals surface area contributed by atoms with E-state index in [4.69, 9.17) is 4.74 Å². The molecule has 2 fully saturated rings. The van der Waals surface area contributed by atoms with E-state index in [-0.39, 0.29) is 24.1 Å². The number of hydrogen-bond donors (Lipinski definition) is 1. The molecule has 0 unspecified atom stereocenters. The molecule has 2 aliphatic rings. The van der Waals surface area contributed by atoms with Gasteiger partial charge in [0.05, 0.1) is 0 Å². The molecule has 0 aliphatic carbocycles. The Hall–Kier alpha value is -0.480. The van der Waals surface area contributed by atoms with Crippen LogP contribution in [0.2, 0.25) is 0 Å². The molecule has 1 N–H and O–H groups in total. The average molecular weight is 235 g/mol. The zero-order chi connectivity index (χ0) is 10.3. The van der Waals surface area contributed by atoms with Crippen LogP contribution in [0.5, 0.6) is 0 Å². The monoisotopic (exact) mass is 234 g/mol. The maximum Gasteiger partial charge on any atom is 0.410 e. The van der Waals surface area contributed by atoms with Crippen molar-refractivity contribution in [3.05, 3.63) is 0 Å². The van der Waals surface area contributed by atoms with Gasteiger partial charge in [0.1, 0.15) is 5.60 Å². The highest BCUT2D eigenvalue weighted by molar-refractivity contribution is 5.85. The molecule has 5 heteroatoms. The minimum Gasteiger partial charge on any atom is -0.444 e. The number of rotatable bonds is 0. The Morgan fingerprint density at radius 3 is 2.53 bits per heavy atom. The minimum atomic E-state index is -0.383. The molecule has 0 saturated carbocycles. The summed E-state index contributed by atoms with van der Waals surface area (Å²) in [4.78, 5) is 13.6. The first-order valence-electron chi connectivity index (χ1n) is 5.19. The third kappa shape index (κ3) is 2.75. The second-order valence-corrected chi connectivity index (χ2v) is 5.13. The van der Waals surface area contributed by atoms with Crippen molar-refractivity contribution in [2.45, 2.75) is 44.9 Å². The van der Waals surface area contributed by atoms with Crippen LogP contribution in [0.25, 0.3) is 0 Å². The fraction of sp³-hybridized carbons (Fsp3) is 0.900. The summed E-state index contributed by atoms with van der Waals surface area (Å²) < 4.78 is 5.33. The second-order valence-electron chi connectivity index (χ2n) is 5.13. The molecule has 2 rings (SSSR count). The van der Waals surface area contributed by atoms with Crippen LogP contribution in [0.4, 0.5) is 4.79 Å². The van der Waals surface area contributed by atoms with Crippen LogP contribution in [0.15, 0.2) is 0 Å². The standard InChI is InChI=1S/C10H18N2O2.ClH/c1-10(2,3)14-9(13)12-6-7-4-8(12)5-11-7;/h7-8,11H,4-6H2,1-3H3;1H/t7-,8-;/m0./s1. The van der Waals surface area contributed by atoms with Crippen molar-refractivity contribution < 1.29 is 9.53 Å². The molecular weight excluding hydrogens is 216 g/mol. The van der Waals surface area contributed by atoms with Gasteiger partial charge in [-0.2, -0.15) is 0 Å². The summed E-state index contributed by atoms with van der Waals surface area (Å²) in [5.41, 5.74) is -0.383. The van der Waals surface area contributed by atoms with Gasteiger partial charge in [-0.25, -0.2) is 4.79 Å². The van der Waals surface area contributed by atoms with E-state index in [1.807, 2.05) is 25.7 Å². The zero-order valence-corrected chi connectivity index (χ0v) is 10.3. The summed E-state index contributed by atoms with van der Waals surface area (Å²) >= 11 is 0. The number of likely N-dealkylation sites (tertiary alicyclic amines) is 1. The maximum atomic E-state index is 11.7. The van der Waals surface area contributed by atoms with Gasteiger partial charge in [-0.15, -0.1) is 12.4 Å². The van der Waals surface area contributed by atoms with Gasteiger partial charge in [-0.3, -0.25) is 0 Å². The maximum absolute atomic E-state index is 11.7. The third-order valence-electron chi connectivity index (χ3n) is 2.68. The van der Waals surface area contributed by atoms with Crippen LogP contribution in [0, 0.1) is 0 Å². The predicted molar refractivity (Wildman–Crippen MR) is 60.4 cm³/mol. The molecule has 2 heterocycles. The lowest BCUT2D eigenvalue weighted by molar-refractivity contribution is 0.0204. The minimum absolute atomic E-state index is 0. The number of nitrogens with one attached hydrogen (secondary N) is 1. The topological polar surface area (TPSA) is 41.6 Å². The average Bonchev–Trinajstić information content (AvgIpc) is 2.59. The lowest BCUT2D eigenvalue weighted by atomic mass is 10.2. The van der Waals surface area contributed by atoms with E-state index in [1.165, 1.54) is 0 Å². The number of amides is 1. The van der Waals surface area contributed by atoms with Gasteiger partial charge in [-0.05, 0) is 27.2 Å². The van der Waals surface area contributed by atoms with Crippen LogP contribution < -0.4 is 5.32 Å². The summed E-state index contributed by atoms with van der Waals surface area (Å²) in [6, 6.07) is 0.849. The van der Waals surface area contributed by atoms with Crippen LogP contribution in [0.1, 0.15) is 27.2 Å². The number of halogens is 1.